The summed E-state index contributed by atoms with van der Waals surface area (Å²) >= 11 is 3.31. The van der Waals surface area contributed by atoms with Crippen LogP contribution in [0.5, 0.6) is 5.75 Å². The molecule has 2 nitrogen and oxygen atoms in total. The van der Waals surface area contributed by atoms with E-state index in [1.165, 1.54) is 18.9 Å². The lowest BCUT2D eigenvalue weighted by atomic mass is 10.2. The summed E-state index contributed by atoms with van der Waals surface area (Å²) in [4.78, 5) is 0. The number of benzene rings is 1. The van der Waals surface area contributed by atoms with Gasteiger partial charge in [-0.25, -0.2) is 0 Å². The minimum absolute atomic E-state index is 0.191. The Morgan fingerprint density at radius 3 is 2.89 bits per heavy atom. The largest absolute Gasteiger partial charge is 0.434 e. The van der Waals surface area contributed by atoms with E-state index in [-0.39, 0.29) is 5.75 Å². The molecule has 98 valence electrons. The molecule has 0 aliphatic heterocycles. The number of alkyl halides is 2. The molecule has 0 bridgehead atoms. The van der Waals surface area contributed by atoms with Gasteiger partial charge in [0.05, 0.1) is 0 Å². The van der Waals surface area contributed by atoms with Crippen molar-refractivity contribution in [2.45, 2.75) is 25.5 Å². The van der Waals surface area contributed by atoms with Gasteiger partial charge in [0.25, 0.3) is 0 Å². The highest BCUT2D eigenvalue weighted by Gasteiger charge is 2.19. The van der Waals surface area contributed by atoms with Gasteiger partial charge in [-0.1, -0.05) is 28.1 Å². The molecule has 1 fully saturated rings. The molecule has 1 N–H and O–H groups in total. The van der Waals surface area contributed by atoms with Gasteiger partial charge in [-0.3, -0.25) is 0 Å². The first-order chi connectivity index (χ1) is 8.65. The normalized spacial score (nSPS) is 15.6. The van der Waals surface area contributed by atoms with E-state index in [0.29, 0.717) is 11.6 Å². The quantitative estimate of drug-likeness (QED) is 0.861. The van der Waals surface area contributed by atoms with Crippen LogP contribution >= 0.6 is 15.9 Å². The first kappa shape index (κ1) is 13.5. The third kappa shape index (κ3) is 4.38. The number of nitrogens with one attached hydrogen (secondary N) is 1. The zero-order chi connectivity index (χ0) is 13.0. The van der Waals surface area contributed by atoms with E-state index in [1.54, 1.807) is 18.2 Å². The summed E-state index contributed by atoms with van der Waals surface area (Å²) in [7, 11) is 0. The van der Waals surface area contributed by atoms with Crippen molar-refractivity contribution in [3.63, 3.8) is 0 Å². The van der Waals surface area contributed by atoms with E-state index in [4.69, 9.17) is 0 Å². The van der Waals surface area contributed by atoms with Crippen molar-refractivity contribution < 1.29 is 13.5 Å². The van der Waals surface area contributed by atoms with Gasteiger partial charge in [-0.15, -0.1) is 0 Å². The van der Waals surface area contributed by atoms with Gasteiger partial charge in [0.15, 0.2) is 0 Å². The molecular formula is C13H14BrF2NO. The molecule has 0 saturated heterocycles. The maximum absolute atomic E-state index is 12.2. The van der Waals surface area contributed by atoms with Gasteiger partial charge >= 0.3 is 6.61 Å². The van der Waals surface area contributed by atoms with Crippen LogP contribution in [0.1, 0.15) is 18.4 Å². The highest BCUT2D eigenvalue weighted by atomic mass is 79.9. The van der Waals surface area contributed by atoms with Crippen LogP contribution in [0.4, 0.5) is 8.78 Å². The van der Waals surface area contributed by atoms with Crippen LogP contribution in [-0.4, -0.2) is 19.2 Å². The maximum Gasteiger partial charge on any atom is 0.387 e. The van der Waals surface area contributed by atoms with E-state index < -0.39 is 6.61 Å². The van der Waals surface area contributed by atoms with Gasteiger partial charge < -0.3 is 10.1 Å². The molecule has 0 unspecified atom stereocenters. The van der Waals surface area contributed by atoms with Crippen LogP contribution in [0.15, 0.2) is 28.7 Å². The van der Waals surface area contributed by atoms with Crippen LogP contribution in [-0.2, 0) is 0 Å². The van der Waals surface area contributed by atoms with Crippen LogP contribution in [0, 0.1) is 0 Å². The number of halogens is 3. The highest BCUT2D eigenvalue weighted by Crippen LogP contribution is 2.26. The SMILES string of the molecule is FC(F)Oc1ccc(Br)cc1C=CCNC1CC1. The highest BCUT2D eigenvalue weighted by molar-refractivity contribution is 9.10. The molecule has 0 amide bonds. The fourth-order valence-electron chi connectivity index (χ4n) is 1.56. The predicted octanol–water partition coefficient (Wildman–Crippen LogP) is 3.82. The minimum atomic E-state index is -2.80. The summed E-state index contributed by atoms with van der Waals surface area (Å²) in [6.07, 6.45) is 6.16. The Kier molecular flexibility index (Phi) is 4.72. The predicted molar refractivity (Wildman–Crippen MR) is 70.8 cm³/mol. The molecular weight excluding hydrogens is 304 g/mol. The topological polar surface area (TPSA) is 21.3 Å². The Hall–Kier alpha value is -0.940. The number of hydrogen-bond donors (Lipinski definition) is 1. The van der Waals surface area contributed by atoms with Crippen molar-refractivity contribution >= 4 is 22.0 Å². The van der Waals surface area contributed by atoms with Crippen molar-refractivity contribution in [1.29, 1.82) is 0 Å². The Morgan fingerprint density at radius 1 is 1.44 bits per heavy atom. The van der Waals surface area contributed by atoms with Crippen LogP contribution in [0.3, 0.4) is 0 Å². The van der Waals surface area contributed by atoms with Crippen molar-refractivity contribution in [2.75, 3.05) is 6.54 Å². The molecule has 0 radical (unpaired) electrons. The Bertz CT molecular complexity index is 433. The zero-order valence-corrected chi connectivity index (χ0v) is 11.3. The molecule has 1 saturated carbocycles. The van der Waals surface area contributed by atoms with Crippen molar-refractivity contribution in [3.05, 3.63) is 34.3 Å². The van der Waals surface area contributed by atoms with E-state index in [9.17, 15) is 8.78 Å². The number of ether oxygens (including phenoxy) is 1. The first-order valence-corrected chi connectivity index (χ1v) is 6.59. The molecule has 1 aromatic rings. The molecule has 2 rings (SSSR count). The Morgan fingerprint density at radius 2 is 2.22 bits per heavy atom. The van der Waals surface area contributed by atoms with Crippen LogP contribution in [0.2, 0.25) is 0 Å². The number of hydrogen-bond acceptors (Lipinski definition) is 2. The molecule has 0 atom stereocenters. The molecule has 18 heavy (non-hydrogen) atoms. The van der Waals surface area contributed by atoms with Crippen molar-refractivity contribution in [3.8, 4) is 5.75 Å². The second-order valence-corrected chi connectivity index (χ2v) is 5.06. The van der Waals surface area contributed by atoms with Crippen LogP contribution < -0.4 is 10.1 Å². The van der Waals surface area contributed by atoms with E-state index in [1.807, 2.05) is 6.08 Å². The second kappa shape index (κ2) is 6.29. The summed E-state index contributed by atoms with van der Waals surface area (Å²) in [5, 5.41) is 3.31. The fourth-order valence-corrected chi connectivity index (χ4v) is 1.94. The third-order valence-corrected chi connectivity index (χ3v) is 3.08. The Labute approximate surface area is 113 Å². The minimum Gasteiger partial charge on any atom is -0.434 e. The molecule has 1 aromatic carbocycles. The third-order valence-electron chi connectivity index (χ3n) is 2.59. The van der Waals surface area contributed by atoms with E-state index >= 15 is 0 Å². The standard InChI is InChI=1S/C13H14BrF2NO/c14-10-3-6-12(18-13(15)16)9(8-10)2-1-7-17-11-4-5-11/h1-3,6,8,11,13,17H,4-5,7H2. The van der Waals surface area contributed by atoms with Gasteiger partial charge in [0, 0.05) is 22.6 Å². The fraction of sp³-hybridized carbons (Fsp3) is 0.385. The monoisotopic (exact) mass is 317 g/mol. The maximum atomic E-state index is 12.2. The zero-order valence-electron chi connectivity index (χ0n) is 9.70. The molecule has 0 spiro atoms. The molecule has 0 aromatic heterocycles. The summed E-state index contributed by atoms with van der Waals surface area (Å²) in [5.74, 6) is 0.191. The first-order valence-electron chi connectivity index (χ1n) is 5.79. The van der Waals surface area contributed by atoms with Gasteiger partial charge in [0.1, 0.15) is 5.75 Å². The summed E-state index contributed by atoms with van der Waals surface area (Å²) in [5.41, 5.74) is 0.641. The lowest BCUT2D eigenvalue weighted by Gasteiger charge is -2.08. The summed E-state index contributed by atoms with van der Waals surface area (Å²) in [6.45, 7) is -2.06. The van der Waals surface area contributed by atoms with E-state index in [0.717, 1.165) is 11.0 Å². The van der Waals surface area contributed by atoms with Gasteiger partial charge in [-0.2, -0.15) is 8.78 Å². The Balaban J connectivity index is 2.00. The van der Waals surface area contributed by atoms with Crippen molar-refractivity contribution in [1.82, 2.24) is 5.32 Å². The van der Waals surface area contributed by atoms with E-state index in [2.05, 4.69) is 26.0 Å². The summed E-state index contributed by atoms with van der Waals surface area (Å²) in [6, 6.07) is 5.60. The lowest BCUT2D eigenvalue weighted by molar-refractivity contribution is -0.0499. The molecule has 1 aliphatic rings. The van der Waals surface area contributed by atoms with Crippen LogP contribution in [0.25, 0.3) is 6.08 Å². The smallest absolute Gasteiger partial charge is 0.387 e. The number of rotatable bonds is 6. The summed E-state index contributed by atoms with van der Waals surface area (Å²) < 4.78 is 29.8. The second-order valence-electron chi connectivity index (χ2n) is 4.15. The van der Waals surface area contributed by atoms with Gasteiger partial charge in [-0.05, 0) is 31.0 Å². The molecule has 1 aliphatic carbocycles. The van der Waals surface area contributed by atoms with Crippen molar-refractivity contribution in [2.24, 2.45) is 0 Å². The average molecular weight is 318 g/mol. The lowest BCUT2D eigenvalue weighted by Crippen LogP contribution is -2.15. The molecule has 5 heteroatoms. The van der Waals surface area contributed by atoms with Gasteiger partial charge in [0.2, 0.25) is 0 Å². The molecule has 0 heterocycles. The average Bonchev–Trinajstić information content (AvgIpc) is 3.11.